The topological polar surface area (TPSA) is 67.9 Å². The predicted molar refractivity (Wildman–Crippen MR) is 47.4 cm³/mol. The van der Waals surface area contributed by atoms with Gasteiger partial charge in [-0.2, -0.15) is 0 Å². The van der Waals surface area contributed by atoms with E-state index >= 15 is 0 Å². The van der Waals surface area contributed by atoms with Crippen molar-refractivity contribution in [3.8, 4) is 0 Å². The minimum absolute atomic E-state index is 0.243. The molecule has 0 bridgehead atoms. The zero-order valence-electron chi connectivity index (χ0n) is 8.12. The van der Waals surface area contributed by atoms with E-state index < -0.39 is 12.2 Å². The lowest BCUT2D eigenvalue weighted by Crippen LogP contribution is -2.35. The van der Waals surface area contributed by atoms with Gasteiger partial charge >= 0.3 is 12.2 Å². The van der Waals surface area contributed by atoms with Crippen LogP contribution in [-0.4, -0.2) is 36.8 Å². The highest BCUT2D eigenvalue weighted by Crippen LogP contribution is 2.07. The molecule has 0 radical (unpaired) electrons. The predicted octanol–water partition coefficient (Wildman–Crippen LogP) is 0.880. The van der Waals surface area contributed by atoms with Crippen molar-refractivity contribution in [2.75, 3.05) is 19.7 Å². The summed E-state index contributed by atoms with van der Waals surface area (Å²) in [7, 11) is 0. The van der Waals surface area contributed by atoms with Gasteiger partial charge in [-0.3, -0.25) is 0 Å². The van der Waals surface area contributed by atoms with Crippen molar-refractivity contribution >= 4 is 12.2 Å². The first-order valence-corrected chi connectivity index (χ1v) is 4.62. The number of hydrogen-bond acceptors (Lipinski definition) is 4. The van der Waals surface area contributed by atoms with Crippen LogP contribution in [0.3, 0.4) is 0 Å². The molecule has 1 aliphatic heterocycles. The monoisotopic (exact) mass is 202 g/mol. The lowest BCUT2D eigenvalue weighted by molar-refractivity contribution is 0.0474. The van der Waals surface area contributed by atoms with Gasteiger partial charge in [0.1, 0.15) is 0 Å². The van der Waals surface area contributed by atoms with Gasteiger partial charge < -0.3 is 14.5 Å². The number of nitrogens with zero attached hydrogens (tertiary/aromatic N) is 1. The van der Waals surface area contributed by atoms with Crippen molar-refractivity contribution in [1.29, 1.82) is 0 Å². The van der Waals surface area contributed by atoms with Crippen LogP contribution in [0.1, 0.15) is 19.8 Å². The van der Waals surface area contributed by atoms with Crippen molar-refractivity contribution in [3.05, 3.63) is 0 Å². The van der Waals surface area contributed by atoms with Gasteiger partial charge in [0, 0.05) is 13.1 Å². The number of nitrogens with one attached hydrogen (secondary N) is 1. The molecule has 14 heavy (non-hydrogen) atoms. The van der Waals surface area contributed by atoms with Crippen LogP contribution in [0.2, 0.25) is 0 Å². The first-order chi connectivity index (χ1) is 6.74. The molecule has 0 aromatic rings. The maximum Gasteiger partial charge on any atom is 0.440 e. The fourth-order valence-electron chi connectivity index (χ4n) is 1.21. The Morgan fingerprint density at radius 3 is 2.57 bits per heavy atom. The standard InChI is InChI=1S/C8H14N2O4/c1-2-13-7(11)9-14-8(12)10-5-3-4-6-10/h2-6H2,1H3,(H,9,11). The van der Waals surface area contributed by atoms with Gasteiger partial charge in [0.2, 0.25) is 0 Å². The number of hydrogen-bond donors (Lipinski definition) is 1. The highest BCUT2D eigenvalue weighted by atomic mass is 16.7. The van der Waals surface area contributed by atoms with E-state index in [4.69, 9.17) is 0 Å². The number of carbonyl (C=O) groups excluding carboxylic acids is 2. The second-order valence-electron chi connectivity index (χ2n) is 2.88. The third kappa shape index (κ3) is 3.12. The lowest BCUT2D eigenvalue weighted by Gasteiger charge is -2.14. The first kappa shape index (κ1) is 10.6. The zero-order chi connectivity index (χ0) is 10.4. The average molecular weight is 202 g/mol. The molecule has 1 fully saturated rings. The molecule has 0 unspecified atom stereocenters. The maximum absolute atomic E-state index is 11.2. The van der Waals surface area contributed by atoms with Crippen LogP contribution in [0.25, 0.3) is 0 Å². The molecule has 1 aliphatic rings. The number of rotatable bonds is 1. The molecular formula is C8H14N2O4. The Balaban J connectivity index is 2.17. The van der Waals surface area contributed by atoms with Gasteiger partial charge in [0.05, 0.1) is 6.61 Å². The highest BCUT2D eigenvalue weighted by Gasteiger charge is 2.20. The van der Waals surface area contributed by atoms with E-state index in [9.17, 15) is 9.59 Å². The second kappa shape index (κ2) is 5.31. The molecule has 0 atom stereocenters. The molecule has 1 heterocycles. The molecule has 2 amide bonds. The summed E-state index contributed by atoms with van der Waals surface area (Å²) in [5.74, 6) is 0. The maximum atomic E-state index is 11.2. The van der Waals surface area contributed by atoms with Crippen LogP contribution >= 0.6 is 0 Å². The number of hydroxylamine groups is 1. The van der Waals surface area contributed by atoms with E-state index in [2.05, 4.69) is 9.57 Å². The average Bonchev–Trinajstić information content (AvgIpc) is 2.67. The Bertz CT molecular complexity index is 213. The van der Waals surface area contributed by atoms with Crippen molar-refractivity contribution in [3.63, 3.8) is 0 Å². The third-order valence-corrected chi connectivity index (χ3v) is 1.86. The van der Waals surface area contributed by atoms with Crippen molar-refractivity contribution < 1.29 is 19.2 Å². The van der Waals surface area contributed by atoms with Gasteiger partial charge in [0.25, 0.3) is 0 Å². The molecule has 6 heteroatoms. The van der Waals surface area contributed by atoms with Crippen molar-refractivity contribution in [2.45, 2.75) is 19.8 Å². The summed E-state index contributed by atoms with van der Waals surface area (Å²) in [5.41, 5.74) is 1.91. The smallest absolute Gasteiger partial charge is 0.440 e. The summed E-state index contributed by atoms with van der Waals surface area (Å²) in [6.45, 7) is 3.28. The Morgan fingerprint density at radius 1 is 1.36 bits per heavy atom. The quantitative estimate of drug-likeness (QED) is 0.641. The summed E-state index contributed by atoms with van der Waals surface area (Å²) in [6, 6.07) is 0. The summed E-state index contributed by atoms with van der Waals surface area (Å²) < 4.78 is 4.51. The van der Waals surface area contributed by atoms with Crippen LogP contribution < -0.4 is 5.48 Å². The summed E-state index contributed by atoms with van der Waals surface area (Å²) in [5, 5.41) is 0. The highest BCUT2D eigenvalue weighted by molar-refractivity contribution is 5.72. The number of ether oxygens (including phenoxy) is 1. The van der Waals surface area contributed by atoms with Crippen LogP contribution in [0.15, 0.2) is 0 Å². The Kier molecular flexibility index (Phi) is 4.03. The van der Waals surface area contributed by atoms with E-state index in [0.29, 0.717) is 13.1 Å². The minimum atomic E-state index is -0.750. The van der Waals surface area contributed by atoms with E-state index in [-0.39, 0.29) is 6.61 Å². The number of amides is 2. The SMILES string of the molecule is CCOC(=O)NOC(=O)N1CCCC1. The van der Waals surface area contributed by atoms with Gasteiger partial charge in [-0.05, 0) is 19.8 Å². The lowest BCUT2D eigenvalue weighted by atomic mass is 10.4. The Labute approximate surface area is 82.1 Å². The Hall–Kier alpha value is -1.46. The van der Waals surface area contributed by atoms with E-state index in [1.54, 1.807) is 6.92 Å². The molecule has 1 N–H and O–H groups in total. The van der Waals surface area contributed by atoms with E-state index in [0.717, 1.165) is 12.8 Å². The molecule has 80 valence electrons. The third-order valence-electron chi connectivity index (χ3n) is 1.86. The fourth-order valence-corrected chi connectivity index (χ4v) is 1.21. The molecule has 0 aromatic carbocycles. The molecule has 0 aromatic heterocycles. The van der Waals surface area contributed by atoms with E-state index in [1.807, 2.05) is 5.48 Å². The van der Waals surface area contributed by atoms with Crippen molar-refractivity contribution in [1.82, 2.24) is 10.4 Å². The second-order valence-corrected chi connectivity index (χ2v) is 2.88. The minimum Gasteiger partial charge on any atom is -0.448 e. The zero-order valence-corrected chi connectivity index (χ0v) is 8.12. The fraction of sp³-hybridized carbons (Fsp3) is 0.750. The van der Waals surface area contributed by atoms with E-state index in [1.165, 1.54) is 4.90 Å². The van der Waals surface area contributed by atoms with Crippen LogP contribution in [0, 0.1) is 0 Å². The first-order valence-electron chi connectivity index (χ1n) is 4.62. The number of carbonyl (C=O) groups is 2. The summed E-state index contributed by atoms with van der Waals surface area (Å²) >= 11 is 0. The molecule has 0 saturated carbocycles. The van der Waals surface area contributed by atoms with Crippen LogP contribution in [0.5, 0.6) is 0 Å². The van der Waals surface area contributed by atoms with Gasteiger partial charge in [-0.1, -0.05) is 0 Å². The van der Waals surface area contributed by atoms with Crippen LogP contribution in [0.4, 0.5) is 9.59 Å². The Morgan fingerprint density at radius 2 is 2.00 bits per heavy atom. The van der Waals surface area contributed by atoms with Gasteiger partial charge in [0.15, 0.2) is 0 Å². The molecule has 0 spiro atoms. The molecule has 1 saturated heterocycles. The molecule has 6 nitrogen and oxygen atoms in total. The summed E-state index contributed by atoms with van der Waals surface area (Å²) in [6.07, 6.45) is 0.679. The molecular weight excluding hydrogens is 188 g/mol. The number of likely N-dealkylation sites (tertiary alicyclic amines) is 1. The van der Waals surface area contributed by atoms with Gasteiger partial charge in [-0.15, -0.1) is 5.48 Å². The molecule has 1 rings (SSSR count). The van der Waals surface area contributed by atoms with Crippen LogP contribution in [-0.2, 0) is 9.57 Å². The molecule has 0 aliphatic carbocycles. The normalized spacial score (nSPS) is 15.1. The largest absolute Gasteiger partial charge is 0.448 e. The van der Waals surface area contributed by atoms with Gasteiger partial charge in [-0.25, -0.2) is 9.59 Å². The van der Waals surface area contributed by atoms with Crippen molar-refractivity contribution in [2.24, 2.45) is 0 Å². The summed E-state index contributed by atoms with van der Waals surface area (Å²) in [4.78, 5) is 28.0.